The maximum absolute atomic E-state index is 6.13. The Labute approximate surface area is 114 Å². The van der Waals surface area contributed by atoms with Crippen LogP contribution in [0.2, 0.25) is 0 Å². The number of rotatable bonds is 0. The quantitative estimate of drug-likeness (QED) is 0.680. The van der Waals surface area contributed by atoms with E-state index in [9.17, 15) is 0 Å². The molecule has 0 bridgehead atoms. The Morgan fingerprint density at radius 2 is 1.79 bits per heavy atom. The number of benzene rings is 2. The third-order valence-corrected chi connectivity index (χ3v) is 4.08. The molecular formula is C14H10N4S. The van der Waals surface area contributed by atoms with Crippen molar-refractivity contribution in [2.24, 2.45) is 10.7 Å². The van der Waals surface area contributed by atoms with Gasteiger partial charge in [-0.3, -0.25) is 4.57 Å². The van der Waals surface area contributed by atoms with E-state index in [1.54, 1.807) is 11.8 Å². The van der Waals surface area contributed by atoms with E-state index in [1.807, 2.05) is 53.1 Å². The number of nitrogens with zero attached hydrogens (tertiary/aromatic N) is 3. The molecule has 0 amide bonds. The molecule has 2 N–H and O–H groups in total. The van der Waals surface area contributed by atoms with Crippen LogP contribution in [0.25, 0.3) is 11.0 Å². The molecule has 1 aromatic heterocycles. The highest BCUT2D eigenvalue weighted by Crippen LogP contribution is 2.38. The normalized spacial score (nSPS) is 13.6. The molecule has 0 saturated heterocycles. The van der Waals surface area contributed by atoms with E-state index in [1.165, 1.54) is 0 Å². The summed E-state index contributed by atoms with van der Waals surface area (Å²) in [6.07, 6.45) is 0. The summed E-state index contributed by atoms with van der Waals surface area (Å²) in [5.74, 6) is 0.459. The molecule has 19 heavy (non-hydrogen) atoms. The minimum Gasteiger partial charge on any atom is -0.369 e. The van der Waals surface area contributed by atoms with Gasteiger partial charge in [-0.25, -0.2) is 9.98 Å². The van der Waals surface area contributed by atoms with Gasteiger partial charge in [0, 0.05) is 4.90 Å². The molecule has 0 spiro atoms. The van der Waals surface area contributed by atoms with E-state index in [2.05, 4.69) is 9.98 Å². The van der Waals surface area contributed by atoms with Gasteiger partial charge in [0.05, 0.1) is 16.7 Å². The van der Waals surface area contributed by atoms with Crippen LogP contribution in [0.3, 0.4) is 0 Å². The van der Waals surface area contributed by atoms with Gasteiger partial charge in [0.25, 0.3) is 0 Å². The lowest BCUT2D eigenvalue weighted by molar-refractivity contribution is 0.959. The molecule has 92 valence electrons. The maximum atomic E-state index is 6.13. The van der Waals surface area contributed by atoms with Crippen molar-refractivity contribution in [2.45, 2.75) is 10.1 Å². The van der Waals surface area contributed by atoms with Gasteiger partial charge in [-0.05, 0) is 36.0 Å². The molecule has 5 heteroatoms. The van der Waals surface area contributed by atoms with Crippen molar-refractivity contribution in [3.05, 3.63) is 48.5 Å². The van der Waals surface area contributed by atoms with Crippen LogP contribution in [0.4, 0.5) is 5.69 Å². The predicted octanol–water partition coefficient (Wildman–Crippen LogP) is 3.00. The summed E-state index contributed by atoms with van der Waals surface area (Å²) in [6.45, 7) is 0. The molecule has 0 fully saturated rings. The lowest BCUT2D eigenvalue weighted by Gasteiger charge is -2.03. The third-order valence-electron chi connectivity index (χ3n) is 3.06. The van der Waals surface area contributed by atoms with Crippen LogP contribution in [0, 0.1) is 0 Å². The number of aliphatic imine (C=N–C) groups is 1. The molecule has 4 rings (SSSR count). The fraction of sp³-hybridized carbons (Fsp3) is 0. The van der Waals surface area contributed by atoms with Crippen LogP contribution in [0.5, 0.6) is 0 Å². The summed E-state index contributed by atoms with van der Waals surface area (Å²) < 4.78 is 1.90. The molecular weight excluding hydrogens is 256 g/mol. The van der Waals surface area contributed by atoms with Gasteiger partial charge in [-0.1, -0.05) is 24.3 Å². The zero-order valence-electron chi connectivity index (χ0n) is 9.95. The van der Waals surface area contributed by atoms with Crippen LogP contribution >= 0.6 is 11.8 Å². The van der Waals surface area contributed by atoms with Crippen molar-refractivity contribution in [2.75, 3.05) is 0 Å². The Balaban J connectivity index is 2.05. The zero-order chi connectivity index (χ0) is 12.8. The summed E-state index contributed by atoms with van der Waals surface area (Å²) in [6, 6.07) is 15.9. The molecule has 0 atom stereocenters. The van der Waals surface area contributed by atoms with Crippen molar-refractivity contribution >= 4 is 34.4 Å². The van der Waals surface area contributed by atoms with E-state index in [-0.39, 0.29) is 0 Å². The minimum atomic E-state index is 0.459. The Hall–Kier alpha value is -2.27. The standard InChI is InChI=1S/C14H10N4S/c15-13-16-10-6-2-4-8-12(10)19-14-17-9-5-1-3-7-11(9)18(13)14/h1-8H,(H2,15,16). The minimum absolute atomic E-state index is 0.459. The first kappa shape index (κ1) is 10.6. The summed E-state index contributed by atoms with van der Waals surface area (Å²) in [5, 5.41) is 0.854. The number of nitrogens with two attached hydrogens (primary N) is 1. The molecule has 4 nitrogen and oxygen atoms in total. The van der Waals surface area contributed by atoms with E-state index in [0.29, 0.717) is 5.96 Å². The Kier molecular flexibility index (Phi) is 2.16. The number of fused-ring (bicyclic) bond motifs is 4. The van der Waals surface area contributed by atoms with Crippen LogP contribution in [-0.2, 0) is 0 Å². The fourth-order valence-electron chi connectivity index (χ4n) is 2.20. The topological polar surface area (TPSA) is 56.2 Å². The summed E-state index contributed by atoms with van der Waals surface area (Å²) in [4.78, 5) is 10.2. The van der Waals surface area contributed by atoms with Crippen LogP contribution < -0.4 is 5.73 Å². The number of hydrogen-bond donors (Lipinski definition) is 1. The van der Waals surface area contributed by atoms with Gasteiger partial charge < -0.3 is 5.73 Å². The van der Waals surface area contributed by atoms with E-state index < -0.39 is 0 Å². The van der Waals surface area contributed by atoms with Crippen molar-refractivity contribution in [1.82, 2.24) is 9.55 Å². The number of para-hydroxylation sites is 3. The molecule has 1 aliphatic rings. The summed E-state index contributed by atoms with van der Waals surface area (Å²) in [7, 11) is 0. The summed E-state index contributed by atoms with van der Waals surface area (Å²) in [5.41, 5.74) is 8.94. The van der Waals surface area contributed by atoms with E-state index in [4.69, 9.17) is 5.73 Å². The molecule has 1 aliphatic heterocycles. The van der Waals surface area contributed by atoms with Gasteiger partial charge in [0.15, 0.2) is 5.16 Å². The third kappa shape index (κ3) is 1.55. The monoisotopic (exact) mass is 266 g/mol. The lowest BCUT2D eigenvalue weighted by Crippen LogP contribution is -2.21. The highest BCUT2D eigenvalue weighted by atomic mass is 32.2. The van der Waals surface area contributed by atoms with Crippen molar-refractivity contribution < 1.29 is 0 Å². The van der Waals surface area contributed by atoms with Crippen LogP contribution in [0.15, 0.2) is 63.6 Å². The molecule has 2 aromatic carbocycles. The molecule has 3 aromatic rings. The largest absolute Gasteiger partial charge is 0.369 e. The second-order valence-electron chi connectivity index (χ2n) is 4.26. The smallest absolute Gasteiger partial charge is 0.207 e. The second kappa shape index (κ2) is 3.86. The highest BCUT2D eigenvalue weighted by Gasteiger charge is 2.19. The Bertz CT molecular complexity index is 819. The maximum Gasteiger partial charge on any atom is 0.207 e. The van der Waals surface area contributed by atoms with Crippen LogP contribution in [-0.4, -0.2) is 15.5 Å². The lowest BCUT2D eigenvalue weighted by atomic mass is 10.3. The van der Waals surface area contributed by atoms with Gasteiger partial charge in [0.1, 0.15) is 0 Å². The molecule has 0 aliphatic carbocycles. The molecule has 0 unspecified atom stereocenters. The van der Waals surface area contributed by atoms with Crippen molar-refractivity contribution in [3.63, 3.8) is 0 Å². The van der Waals surface area contributed by atoms with E-state index >= 15 is 0 Å². The second-order valence-corrected chi connectivity index (χ2v) is 5.27. The van der Waals surface area contributed by atoms with Gasteiger partial charge in [-0.15, -0.1) is 0 Å². The van der Waals surface area contributed by atoms with Crippen molar-refractivity contribution in [3.8, 4) is 0 Å². The molecule has 0 radical (unpaired) electrons. The average Bonchev–Trinajstić information content (AvgIpc) is 2.72. The van der Waals surface area contributed by atoms with Gasteiger partial charge in [-0.2, -0.15) is 0 Å². The molecule has 2 heterocycles. The first-order chi connectivity index (χ1) is 9.33. The zero-order valence-corrected chi connectivity index (χ0v) is 10.8. The number of imidazole rings is 1. The fourth-order valence-corrected chi connectivity index (χ4v) is 3.19. The van der Waals surface area contributed by atoms with E-state index in [0.717, 1.165) is 26.8 Å². The first-order valence-electron chi connectivity index (χ1n) is 5.92. The number of hydrogen-bond acceptors (Lipinski definition) is 4. The van der Waals surface area contributed by atoms with Gasteiger partial charge in [0.2, 0.25) is 5.96 Å². The SMILES string of the molecule is NC1=Nc2ccccc2Sc2nc3ccccc3n21. The van der Waals surface area contributed by atoms with Crippen molar-refractivity contribution in [1.29, 1.82) is 0 Å². The average molecular weight is 266 g/mol. The van der Waals surface area contributed by atoms with Crippen LogP contribution in [0.1, 0.15) is 0 Å². The first-order valence-corrected chi connectivity index (χ1v) is 6.73. The highest BCUT2D eigenvalue weighted by molar-refractivity contribution is 7.99. The molecule has 0 saturated carbocycles. The summed E-state index contributed by atoms with van der Waals surface area (Å²) >= 11 is 1.59. The predicted molar refractivity (Wildman–Crippen MR) is 77.0 cm³/mol. The Morgan fingerprint density at radius 3 is 2.74 bits per heavy atom. The number of aromatic nitrogens is 2. The van der Waals surface area contributed by atoms with Gasteiger partial charge >= 0.3 is 0 Å². The Morgan fingerprint density at radius 1 is 1.00 bits per heavy atom.